The molecule has 10 N–H and O–H groups in total. The molecule has 0 spiro atoms. The Labute approximate surface area is 905 Å². The minimum absolute atomic E-state index is 0.0513. The highest BCUT2D eigenvalue weighted by Crippen LogP contribution is 2.37. The first-order valence-electron chi connectivity index (χ1n) is 49.1. The van der Waals surface area contributed by atoms with Gasteiger partial charge < -0.3 is 58.3 Å². The summed E-state index contributed by atoms with van der Waals surface area (Å²) in [7, 11) is 0. The Hall–Kier alpha value is -14.4. The van der Waals surface area contributed by atoms with Gasteiger partial charge in [0.1, 0.15) is 35.0 Å². The number of amidine groups is 2. The number of halogens is 5. The fourth-order valence-electron chi connectivity index (χ4n) is 13.5. The number of hydrogen-bond acceptors (Lipinski definition) is 20. The van der Waals surface area contributed by atoms with Gasteiger partial charge in [-0.2, -0.15) is 0 Å². The number of nitrogens with one attached hydrogen (secondary N) is 6. The summed E-state index contributed by atoms with van der Waals surface area (Å²) in [6, 6.07) is 83.6. The minimum Gasteiger partial charge on any atom is -0.440 e. The summed E-state index contributed by atoms with van der Waals surface area (Å²) in [5.41, 5.74) is 28.7. The first kappa shape index (κ1) is 115. The van der Waals surface area contributed by atoms with Crippen molar-refractivity contribution >= 4 is 92.3 Å². The molecule has 0 bridgehead atoms. The maximum Gasteiger partial charge on any atom is 0.197 e. The third-order valence-corrected chi connectivity index (χ3v) is 25.6. The van der Waals surface area contributed by atoms with Crippen LogP contribution in [0, 0.1) is 10.8 Å². The van der Waals surface area contributed by atoms with Crippen LogP contribution >= 0.6 is 80.7 Å². The molecule has 0 unspecified atom stereocenters. The Morgan fingerprint density at radius 1 is 0.255 bits per heavy atom. The Morgan fingerprint density at radius 2 is 0.530 bits per heavy atom. The number of rotatable bonds is 22. The van der Waals surface area contributed by atoms with E-state index >= 15 is 0 Å². The molecular formula is C118H129Cl5N18O6S2. The summed E-state index contributed by atoms with van der Waals surface area (Å²) < 4.78 is 33.8. The zero-order valence-electron chi connectivity index (χ0n) is 87.3. The summed E-state index contributed by atoms with van der Waals surface area (Å²) in [6.45, 7) is 41.8. The van der Waals surface area contributed by atoms with E-state index in [1.807, 2.05) is 267 Å². The number of oxazole rings is 2. The lowest BCUT2D eigenvalue weighted by Gasteiger charge is -2.02. The number of aromatic nitrogens is 14. The molecule has 20 aromatic rings. The molecule has 149 heavy (non-hydrogen) atoms. The summed E-state index contributed by atoms with van der Waals surface area (Å²) in [5.74, 6) is 14.3. The van der Waals surface area contributed by atoms with E-state index in [0.29, 0.717) is 70.5 Å². The van der Waals surface area contributed by atoms with Crippen molar-refractivity contribution in [3.63, 3.8) is 0 Å². The zero-order chi connectivity index (χ0) is 107. The predicted molar refractivity (Wildman–Crippen MR) is 611 cm³/mol. The maximum absolute atomic E-state index is 7.42. The van der Waals surface area contributed by atoms with Gasteiger partial charge in [-0.3, -0.25) is 10.8 Å². The van der Waals surface area contributed by atoms with Crippen molar-refractivity contribution in [2.75, 3.05) is 0 Å². The van der Waals surface area contributed by atoms with Gasteiger partial charge in [-0.1, -0.05) is 357 Å². The van der Waals surface area contributed by atoms with Gasteiger partial charge in [0.2, 0.25) is 0 Å². The number of thiophene rings is 2. The van der Waals surface area contributed by atoms with E-state index in [1.165, 1.54) is 16.9 Å². The second kappa shape index (κ2) is 56.7. The molecule has 12 heterocycles. The molecule has 0 aliphatic carbocycles. The monoisotopic (exact) mass is 2130 g/mol. The smallest absolute Gasteiger partial charge is 0.197 e. The van der Waals surface area contributed by atoms with E-state index in [4.69, 9.17) is 107 Å². The number of nitrogens with zero attached hydrogens (tertiary/aromatic N) is 10. The molecular weight excluding hydrogens is 2010 g/mol. The third kappa shape index (κ3) is 35.4. The van der Waals surface area contributed by atoms with Crippen LogP contribution in [0.4, 0.5) is 0 Å². The number of nitrogens with two attached hydrogens (primary N) is 2. The molecule has 0 radical (unpaired) electrons. The van der Waals surface area contributed by atoms with Crippen molar-refractivity contribution in [2.24, 2.45) is 11.5 Å². The summed E-state index contributed by atoms with van der Waals surface area (Å²) >= 11 is 32.2. The van der Waals surface area contributed by atoms with Crippen LogP contribution in [0.1, 0.15) is 267 Å². The molecule has 31 heteroatoms. The average Bonchev–Trinajstić information content (AvgIpc) is 1.74. The van der Waals surface area contributed by atoms with Gasteiger partial charge in [0.05, 0.1) is 101 Å². The quantitative estimate of drug-likeness (QED) is 0.0231. The van der Waals surface area contributed by atoms with Crippen LogP contribution in [0.3, 0.4) is 0 Å². The van der Waals surface area contributed by atoms with Gasteiger partial charge in [0.25, 0.3) is 0 Å². The fourth-order valence-corrected chi connectivity index (χ4v) is 15.9. The number of aromatic amines is 4. The number of H-pyrrole nitrogens is 4. The lowest BCUT2D eigenvalue weighted by molar-refractivity contribution is 0.420. The molecule has 8 aromatic carbocycles. The molecule has 12 aromatic heterocycles. The van der Waals surface area contributed by atoms with E-state index < -0.39 is 0 Å². The fraction of sp³-hybridized carbons (Fsp3) is 0.254. The Bertz CT molecular complexity index is 6820. The third-order valence-electron chi connectivity index (χ3n) is 22.3. The van der Waals surface area contributed by atoms with Crippen molar-refractivity contribution in [3.05, 3.63) is 391 Å². The van der Waals surface area contributed by atoms with Crippen LogP contribution in [0.25, 0.3) is 112 Å². The maximum atomic E-state index is 7.42. The van der Waals surface area contributed by atoms with Crippen molar-refractivity contribution in [1.82, 2.24) is 70.5 Å². The highest BCUT2D eigenvalue weighted by atomic mass is 35.5. The second-order valence-corrected chi connectivity index (χ2v) is 42.4. The van der Waals surface area contributed by atoms with Crippen LogP contribution in [0.2, 0.25) is 23.7 Å². The normalized spacial score (nSPS) is 10.9. The molecule has 0 fully saturated rings. The van der Waals surface area contributed by atoms with Crippen LogP contribution in [-0.2, 0) is 0 Å². The molecule has 774 valence electrons. The van der Waals surface area contributed by atoms with E-state index in [0.717, 1.165) is 187 Å². The van der Waals surface area contributed by atoms with Gasteiger partial charge in [0, 0.05) is 119 Å². The second-order valence-electron chi connectivity index (χ2n) is 37.7. The van der Waals surface area contributed by atoms with Crippen LogP contribution in [0.5, 0.6) is 0 Å². The SMILES string of the molecule is CC(C)c1cc(-c2ccc(Cl)cc2)on1.CC(C)c1cc(-c2ccc(Cl)s2)on1.CC(C)c1cc(-c2cccc(C(=N)N)c2)on1.CC(C)c1cc(-c2ccccc2)on1.CC(C)c1ncc(-c2ccc(Cl)cc2)[nH]1.CC(C)c1ncc(-c2ccc(Cl)cc2)o1.CC(C)c1ncc(-c2ccc(Cl)s2)[nH]1.CC(C)c1ncc(-c2cccc(C(=N)N)c2)[nH]1.CC(C)c1ncc(-c2ccccc2)[nH]1.CC(C)c1ncc(-c2ccccc2)o1. The molecule has 24 nitrogen and oxygen atoms in total. The van der Waals surface area contributed by atoms with Crippen molar-refractivity contribution in [2.45, 2.75) is 198 Å². The predicted octanol–water partition coefficient (Wildman–Crippen LogP) is 35.5. The van der Waals surface area contributed by atoms with E-state index in [-0.39, 0.29) is 11.7 Å². The molecule has 0 amide bonds. The zero-order valence-corrected chi connectivity index (χ0v) is 92.8. The van der Waals surface area contributed by atoms with Crippen molar-refractivity contribution in [3.8, 4) is 112 Å². The largest absolute Gasteiger partial charge is 0.440 e. The molecule has 0 aliphatic rings. The van der Waals surface area contributed by atoms with Gasteiger partial charge in [-0.05, 0) is 132 Å². The standard InChI is InChI=1S/C13H16N4.C13H15N3O.C12H13ClN2.2C12H12ClNO.C12H14N2.2C12H13NO.C10H11ClN2S.C10H10ClNOS/c1-8(2)13-16-7-11(17-13)9-4-3-5-10(6-9)12(14)15;1-8(2)11-7-12(17-16-11)9-4-3-5-10(6-9)13(14)15;2*1-8(2)12-14-7-11(15-12)9-3-5-10(13)6-4-9;1-8(2)11-7-12(15-14-11)9-3-5-10(13)6-4-9;2*1-9(2)12-13-8-11(14-12)10-6-4-3-5-7-10;1-9(2)11-8-12(14-13-11)10-6-4-3-5-7-10;1-6(2)10-12-5-7(13-10)8-3-4-9(11)14-8;1-6(2)7-5-8(13-12-7)9-3-4-10(11)14-9/h3-8H,1-2H3,(H3,14,15)(H,16,17);3-8H,1-2H3,(H3,14,15);3-8H,1-2H3,(H,14,15);2*3-8H,1-2H3;3-9H,1-2H3,(H,13,14);2*3-9H,1-2H3;3-6H,1-2H3,(H,12,13);3-6H,1-2H3. The van der Waals surface area contributed by atoms with Crippen molar-refractivity contribution < 1.29 is 26.9 Å². The van der Waals surface area contributed by atoms with Crippen LogP contribution < -0.4 is 11.5 Å². The van der Waals surface area contributed by atoms with E-state index in [9.17, 15) is 0 Å². The molecule has 0 saturated heterocycles. The van der Waals surface area contributed by atoms with E-state index in [2.05, 4.69) is 221 Å². The summed E-state index contributed by atoms with van der Waals surface area (Å²) in [5, 5.41) is 33.0. The van der Waals surface area contributed by atoms with E-state index in [1.54, 1.807) is 29.8 Å². The number of imidazole rings is 4. The van der Waals surface area contributed by atoms with Crippen LogP contribution in [0.15, 0.2) is 325 Å². The average molecular weight is 2140 g/mol. The molecule has 20 rings (SSSR count). The first-order valence-corrected chi connectivity index (χ1v) is 52.6. The Kier molecular flexibility index (Phi) is 43.7. The first-order chi connectivity index (χ1) is 71.3. The highest BCUT2D eigenvalue weighted by molar-refractivity contribution is 7.19. The van der Waals surface area contributed by atoms with Gasteiger partial charge in [-0.25, -0.2) is 29.9 Å². The van der Waals surface area contributed by atoms with Crippen molar-refractivity contribution in [1.29, 1.82) is 10.8 Å². The summed E-state index contributed by atoms with van der Waals surface area (Å²) in [4.78, 5) is 41.1. The molecule has 0 aliphatic heterocycles. The van der Waals surface area contributed by atoms with Gasteiger partial charge >= 0.3 is 0 Å². The van der Waals surface area contributed by atoms with Crippen LogP contribution in [-0.4, -0.2) is 82.1 Å². The van der Waals surface area contributed by atoms with Gasteiger partial charge in [-0.15, -0.1) is 22.7 Å². The molecule has 0 saturated carbocycles. The molecule has 0 atom stereocenters. The van der Waals surface area contributed by atoms with Gasteiger partial charge in [0.15, 0.2) is 46.3 Å². The number of nitrogen functional groups attached to an aromatic ring is 2. The lowest BCUT2D eigenvalue weighted by Crippen LogP contribution is -2.10. The Balaban J connectivity index is 0.000000157. The highest BCUT2D eigenvalue weighted by Gasteiger charge is 2.19. The number of benzene rings is 8. The lowest BCUT2D eigenvalue weighted by atomic mass is 10.1. The summed E-state index contributed by atoms with van der Waals surface area (Å²) in [6.07, 6.45) is 11.0. The Morgan fingerprint density at radius 3 is 0.852 bits per heavy atom. The topological polar surface area (TPSA) is 371 Å². The minimum atomic E-state index is 0.0513. The number of hydrogen-bond donors (Lipinski definition) is 8.